The molecule has 0 bridgehead atoms. The summed E-state index contributed by atoms with van der Waals surface area (Å²) < 4.78 is 0. The maximum absolute atomic E-state index is 10.7. The van der Waals surface area contributed by atoms with E-state index in [0.29, 0.717) is 18.3 Å². The van der Waals surface area contributed by atoms with E-state index in [2.05, 4.69) is 6.08 Å². The van der Waals surface area contributed by atoms with Gasteiger partial charge >= 0.3 is 5.97 Å². The van der Waals surface area contributed by atoms with Gasteiger partial charge in [0.1, 0.15) is 0 Å². The van der Waals surface area contributed by atoms with Gasteiger partial charge < -0.3 is 5.11 Å². The van der Waals surface area contributed by atoms with Crippen LogP contribution >= 0.6 is 0 Å². The SMILES string of the molecule is O=C(O)CC1C[C@H]2CC(CCC3CC3)=CC12. The summed E-state index contributed by atoms with van der Waals surface area (Å²) in [4.78, 5) is 10.7. The molecule has 3 aliphatic rings. The third-order valence-electron chi connectivity index (χ3n) is 4.65. The van der Waals surface area contributed by atoms with Crippen LogP contribution in [0.2, 0.25) is 0 Å². The van der Waals surface area contributed by atoms with Crippen molar-refractivity contribution in [2.24, 2.45) is 23.7 Å². The summed E-state index contributed by atoms with van der Waals surface area (Å²) in [5.74, 6) is 2.27. The third kappa shape index (κ3) is 2.02. The number of carboxylic acid groups (broad SMARTS) is 1. The fourth-order valence-electron chi connectivity index (χ4n) is 3.49. The molecule has 0 heterocycles. The highest BCUT2D eigenvalue weighted by Gasteiger charge is 2.43. The zero-order chi connectivity index (χ0) is 11.1. The summed E-state index contributed by atoms with van der Waals surface area (Å²) in [5.41, 5.74) is 1.63. The first-order chi connectivity index (χ1) is 7.72. The molecule has 16 heavy (non-hydrogen) atoms. The molecule has 2 fully saturated rings. The van der Waals surface area contributed by atoms with Crippen molar-refractivity contribution in [1.29, 1.82) is 0 Å². The molecule has 0 aromatic heterocycles. The van der Waals surface area contributed by atoms with Gasteiger partial charge in [0.15, 0.2) is 0 Å². The average molecular weight is 220 g/mol. The Hall–Kier alpha value is -0.790. The summed E-state index contributed by atoms with van der Waals surface area (Å²) in [6.45, 7) is 0. The summed E-state index contributed by atoms with van der Waals surface area (Å²) in [6.07, 6.45) is 10.8. The van der Waals surface area contributed by atoms with E-state index in [4.69, 9.17) is 5.11 Å². The van der Waals surface area contributed by atoms with Crippen LogP contribution in [-0.2, 0) is 4.79 Å². The number of carbonyl (C=O) groups is 1. The van der Waals surface area contributed by atoms with Gasteiger partial charge in [-0.1, -0.05) is 24.5 Å². The van der Waals surface area contributed by atoms with Gasteiger partial charge in [0.2, 0.25) is 0 Å². The zero-order valence-corrected chi connectivity index (χ0v) is 9.69. The normalized spacial score (nSPS) is 36.5. The summed E-state index contributed by atoms with van der Waals surface area (Å²) in [7, 11) is 0. The lowest BCUT2D eigenvalue weighted by Gasteiger charge is -2.39. The van der Waals surface area contributed by atoms with Crippen LogP contribution < -0.4 is 0 Å². The van der Waals surface area contributed by atoms with Gasteiger partial charge in [-0.25, -0.2) is 0 Å². The molecule has 88 valence electrons. The fourth-order valence-corrected chi connectivity index (χ4v) is 3.49. The van der Waals surface area contributed by atoms with Crippen molar-refractivity contribution in [2.45, 2.75) is 44.9 Å². The molecule has 2 heteroatoms. The van der Waals surface area contributed by atoms with Crippen molar-refractivity contribution in [1.82, 2.24) is 0 Å². The molecule has 3 aliphatic carbocycles. The molecule has 0 aromatic rings. The van der Waals surface area contributed by atoms with Crippen LogP contribution in [0.15, 0.2) is 11.6 Å². The standard InChI is InChI=1S/C14H20O2/c15-14(16)8-12-7-11-5-10(6-13(11)12)4-3-9-1-2-9/h6,9,11-13H,1-5,7-8H2,(H,15,16)/t11-,12?,13?/m1/s1. The molecule has 0 amide bonds. The van der Waals surface area contributed by atoms with Crippen LogP contribution in [-0.4, -0.2) is 11.1 Å². The first kappa shape index (κ1) is 10.4. The molecule has 0 saturated heterocycles. The largest absolute Gasteiger partial charge is 0.481 e. The number of allylic oxidation sites excluding steroid dienone is 2. The van der Waals surface area contributed by atoms with Gasteiger partial charge in [0.05, 0.1) is 0 Å². The first-order valence-electron chi connectivity index (χ1n) is 6.63. The lowest BCUT2D eigenvalue weighted by atomic mass is 9.65. The number of rotatable bonds is 5. The lowest BCUT2D eigenvalue weighted by molar-refractivity contribution is -0.139. The van der Waals surface area contributed by atoms with Gasteiger partial charge in [0.25, 0.3) is 0 Å². The van der Waals surface area contributed by atoms with Crippen molar-refractivity contribution in [3.8, 4) is 0 Å². The zero-order valence-electron chi connectivity index (χ0n) is 9.69. The number of hydrogen-bond donors (Lipinski definition) is 1. The van der Waals surface area contributed by atoms with E-state index in [9.17, 15) is 4.79 Å². The Morgan fingerprint density at radius 3 is 2.94 bits per heavy atom. The Kier molecular flexibility index (Phi) is 2.53. The second kappa shape index (κ2) is 3.90. The van der Waals surface area contributed by atoms with Crippen LogP contribution in [0.25, 0.3) is 0 Å². The fraction of sp³-hybridized carbons (Fsp3) is 0.786. The highest BCUT2D eigenvalue weighted by atomic mass is 16.4. The number of aliphatic carboxylic acids is 1. The smallest absolute Gasteiger partial charge is 0.303 e. The molecule has 0 radical (unpaired) electrons. The molecule has 2 saturated carbocycles. The summed E-state index contributed by atoms with van der Waals surface area (Å²) >= 11 is 0. The maximum Gasteiger partial charge on any atom is 0.303 e. The third-order valence-corrected chi connectivity index (χ3v) is 4.65. The molecule has 2 nitrogen and oxygen atoms in total. The predicted molar refractivity (Wildman–Crippen MR) is 62.0 cm³/mol. The molecule has 0 spiro atoms. The molecule has 0 aliphatic heterocycles. The van der Waals surface area contributed by atoms with Crippen LogP contribution in [0.5, 0.6) is 0 Å². The number of fused-ring (bicyclic) bond motifs is 1. The molecular formula is C14H20O2. The molecule has 2 unspecified atom stereocenters. The molecular weight excluding hydrogens is 200 g/mol. The van der Waals surface area contributed by atoms with Crippen molar-refractivity contribution < 1.29 is 9.90 Å². The van der Waals surface area contributed by atoms with E-state index in [0.717, 1.165) is 18.3 Å². The van der Waals surface area contributed by atoms with E-state index in [-0.39, 0.29) is 0 Å². The van der Waals surface area contributed by atoms with Crippen molar-refractivity contribution in [2.75, 3.05) is 0 Å². The van der Waals surface area contributed by atoms with Crippen molar-refractivity contribution in [3.05, 3.63) is 11.6 Å². The van der Waals surface area contributed by atoms with Crippen LogP contribution in [0.1, 0.15) is 44.9 Å². The first-order valence-corrected chi connectivity index (χ1v) is 6.63. The second-order valence-electron chi connectivity index (χ2n) is 5.94. The van der Waals surface area contributed by atoms with Crippen LogP contribution in [0.4, 0.5) is 0 Å². The minimum atomic E-state index is -0.622. The minimum Gasteiger partial charge on any atom is -0.481 e. The Morgan fingerprint density at radius 2 is 2.25 bits per heavy atom. The number of hydrogen-bond acceptors (Lipinski definition) is 1. The number of carboxylic acids is 1. The lowest BCUT2D eigenvalue weighted by Crippen LogP contribution is -2.34. The van der Waals surface area contributed by atoms with E-state index < -0.39 is 5.97 Å². The summed E-state index contributed by atoms with van der Waals surface area (Å²) in [6, 6.07) is 0. The van der Waals surface area contributed by atoms with E-state index >= 15 is 0 Å². The Morgan fingerprint density at radius 1 is 1.44 bits per heavy atom. The molecule has 0 aromatic carbocycles. The minimum absolute atomic E-state index is 0.383. The highest BCUT2D eigenvalue weighted by molar-refractivity contribution is 5.67. The van der Waals surface area contributed by atoms with Crippen molar-refractivity contribution >= 4 is 5.97 Å². The van der Waals surface area contributed by atoms with Crippen LogP contribution in [0, 0.1) is 23.7 Å². The van der Waals surface area contributed by atoms with Crippen LogP contribution in [0.3, 0.4) is 0 Å². The second-order valence-corrected chi connectivity index (χ2v) is 5.94. The van der Waals surface area contributed by atoms with Gasteiger partial charge in [-0.15, -0.1) is 0 Å². The van der Waals surface area contributed by atoms with Gasteiger partial charge in [0, 0.05) is 6.42 Å². The van der Waals surface area contributed by atoms with Crippen molar-refractivity contribution in [3.63, 3.8) is 0 Å². The Balaban J connectivity index is 1.50. The molecule has 3 atom stereocenters. The van der Waals surface area contributed by atoms with Gasteiger partial charge in [-0.05, 0) is 49.4 Å². The Bertz CT molecular complexity index is 328. The molecule has 3 rings (SSSR count). The summed E-state index contributed by atoms with van der Waals surface area (Å²) in [5, 5.41) is 8.80. The Labute approximate surface area is 96.7 Å². The molecule has 1 N–H and O–H groups in total. The van der Waals surface area contributed by atoms with E-state index in [1.54, 1.807) is 5.57 Å². The topological polar surface area (TPSA) is 37.3 Å². The maximum atomic E-state index is 10.7. The monoisotopic (exact) mass is 220 g/mol. The quantitative estimate of drug-likeness (QED) is 0.722. The van der Waals surface area contributed by atoms with Gasteiger partial charge in [-0.3, -0.25) is 4.79 Å². The van der Waals surface area contributed by atoms with Gasteiger partial charge in [-0.2, -0.15) is 0 Å². The predicted octanol–water partition coefficient (Wildman–Crippen LogP) is 3.23. The van der Waals surface area contributed by atoms with E-state index in [1.807, 2.05) is 0 Å². The van der Waals surface area contributed by atoms with E-state index in [1.165, 1.54) is 32.1 Å². The average Bonchev–Trinajstić information content (AvgIpc) is 2.97. The highest BCUT2D eigenvalue weighted by Crippen LogP contribution is 2.52.